The first-order chi connectivity index (χ1) is 17.9. The summed E-state index contributed by atoms with van der Waals surface area (Å²) in [7, 11) is 0. The van der Waals surface area contributed by atoms with E-state index in [4.69, 9.17) is 4.74 Å². The van der Waals surface area contributed by atoms with E-state index in [1.807, 2.05) is 62.4 Å². The Morgan fingerprint density at radius 1 is 0.919 bits per heavy atom. The summed E-state index contributed by atoms with van der Waals surface area (Å²) < 4.78 is 5.96. The third kappa shape index (κ3) is 4.74. The van der Waals surface area contributed by atoms with E-state index in [1.165, 1.54) is 4.90 Å². The lowest BCUT2D eigenvalue weighted by Crippen LogP contribution is -2.29. The Morgan fingerprint density at radius 3 is 2.41 bits per heavy atom. The molecule has 0 spiro atoms. The maximum atomic E-state index is 13.3. The number of aliphatic hydroxyl groups excluding tert-OH is 1. The van der Waals surface area contributed by atoms with Crippen molar-refractivity contribution in [3.05, 3.63) is 131 Å². The lowest BCUT2D eigenvalue weighted by atomic mass is 9.97. The minimum atomic E-state index is -0.864. The molecule has 6 nitrogen and oxygen atoms in total. The van der Waals surface area contributed by atoms with Crippen molar-refractivity contribution in [1.29, 1.82) is 0 Å². The SMILES string of the molecule is Cc1cccc(N2C(=O)C(=O)/C(=C(\O)c3ccc(OCc4ccccc4)c(C)c3)C2c2ccccn2)c1. The molecular formula is C31H26N2O4. The second-order valence-electron chi connectivity index (χ2n) is 9.02. The minimum absolute atomic E-state index is 0.00237. The molecule has 0 bridgehead atoms. The standard InChI is InChI=1S/C31H26N2O4/c1-20-9-8-12-24(17-20)33-28(25-13-6-7-16-32-25)27(30(35)31(33)36)29(34)23-14-15-26(21(2)18-23)37-19-22-10-4-3-5-11-22/h3-18,28,34H,19H2,1-2H3/b29-27-. The summed E-state index contributed by atoms with van der Waals surface area (Å²) in [6.07, 6.45) is 1.61. The molecule has 1 saturated heterocycles. The fourth-order valence-electron chi connectivity index (χ4n) is 4.54. The number of hydrogen-bond donors (Lipinski definition) is 1. The second kappa shape index (κ2) is 10.1. The third-order valence-corrected chi connectivity index (χ3v) is 6.38. The average molecular weight is 491 g/mol. The number of carbonyl (C=O) groups is 2. The average Bonchev–Trinajstić information content (AvgIpc) is 3.18. The van der Waals surface area contributed by atoms with Crippen LogP contribution in [0.15, 0.2) is 103 Å². The molecule has 1 aliphatic heterocycles. The molecule has 5 rings (SSSR count). The molecule has 6 heteroatoms. The molecule has 1 aliphatic rings. The molecular weight excluding hydrogens is 464 g/mol. The topological polar surface area (TPSA) is 79.7 Å². The molecule has 4 aromatic rings. The maximum Gasteiger partial charge on any atom is 0.300 e. The second-order valence-corrected chi connectivity index (χ2v) is 9.02. The molecule has 1 N–H and O–H groups in total. The summed E-state index contributed by atoms with van der Waals surface area (Å²) in [6.45, 7) is 4.20. The van der Waals surface area contributed by atoms with Crippen LogP contribution in [0.25, 0.3) is 5.76 Å². The van der Waals surface area contributed by atoms with Crippen molar-refractivity contribution >= 4 is 23.1 Å². The zero-order chi connectivity index (χ0) is 25.9. The monoisotopic (exact) mass is 490 g/mol. The van der Waals surface area contributed by atoms with Crippen LogP contribution in [0.1, 0.15) is 34.0 Å². The highest BCUT2D eigenvalue weighted by atomic mass is 16.5. The molecule has 1 amide bonds. The number of ketones is 1. The van der Waals surface area contributed by atoms with Gasteiger partial charge < -0.3 is 9.84 Å². The van der Waals surface area contributed by atoms with Gasteiger partial charge in [-0.1, -0.05) is 48.5 Å². The van der Waals surface area contributed by atoms with E-state index in [-0.39, 0.29) is 11.3 Å². The minimum Gasteiger partial charge on any atom is -0.507 e. The van der Waals surface area contributed by atoms with Crippen molar-refractivity contribution in [3.8, 4) is 5.75 Å². The van der Waals surface area contributed by atoms with E-state index < -0.39 is 17.7 Å². The number of nitrogens with zero attached hydrogens (tertiary/aromatic N) is 2. The molecule has 3 aromatic carbocycles. The Bertz CT molecular complexity index is 1500. The normalized spacial score (nSPS) is 16.7. The number of rotatable bonds is 6. The molecule has 2 heterocycles. The first-order valence-electron chi connectivity index (χ1n) is 12.0. The molecule has 0 radical (unpaired) electrons. The van der Waals surface area contributed by atoms with Gasteiger partial charge in [0.1, 0.15) is 24.2 Å². The number of benzene rings is 3. The zero-order valence-corrected chi connectivity index (χ0v) is 20.6. The van der Waals surface area contributed by atoms with Gasteiger partial charge in [0.25, 0.3) is 11.7 Å². The number of anilines is 1. The quantitative estimate of drug-likeness (QED) is 0.207. The van der Waals surface area contributed by atoms with Crippen molar-refractivity contribution in [1.82, 2.24) is 4.98 Å². The number of aryl methyl sites for hydroxylation is 2. The highest BCUT2D eigenvalue weighted by Gasteiger charge is 2.47. The van der Waals surface area contributed by atoms with Crippen LogP contribution in [0.2, 0.25) is 0 Å². The Hall–Kier alpha value is -4.71. The van der Waals surface area contributed by atoms with Crippen LogP contribution in [0.3, 0.4) is 0 Å². The summed E-state index contributed by atoms with van der Waals surface area (Å²) in [6, 6.07) is 26.8. The van der Waals surface area contributed by atoms with Crippen molar-refractivity contribution in [3.63, 3.8) is 0 Å². The molecule has 184 valence electrons. The van der Waals surface area contributed by atoms with Crippen LogP contribution < -0.4 is 9.64 Å². The van der Waals surface area contributed by atoms with Crippen molar-refractivity contribution in [2.75, 3.05) is 4.90 Å². The number of aromatic nitrogens is 1. The summed E-state index contributed by atoms with van der Waals surface area (Å²) in [5.41, 5.74) is 4.26. The Morgan fingerprint density at radius 2 is 1.70 bits per heavy atom. The van der Waals surface area contributed by atoms with E-state index >= 15 is 0 Å². The van der Waals surface area contributed by atoms with E-state index in [2.05, 4.69) is 4.98 Å². The first-order valence-corrected chi connectivity index (χ1v) is 12.0. The highest BCUT2D eigenvalue weighted by molar-refractivity contribution is 6.51. The summed E-state index contributed by atoms with van der Waals surface area (Å²) in [4.78, 5) is 32.4. The van der Waals surface area contributed by atoms with Gasteiger partial charge in [-0.2, -0.15) is 0 Å². The number of hydrogen-bond acceptors (Lipinski definition) is 5. The summed E-state index contributed by atoms with van der Waals surface area (Å²) >= 11 is 0. The molecule has 1 unspecified atom stereocenters. The van der Waals surface area contributed by atoms with Gasteiger partial charge in [-0.25, -0.2) is 0 Å². The van der Waals surface area contributed by atoms with E-state index in [9.17, 15) is 14.7 Å². The van der Waals surface area contributed by atoms with Crippen LogP contribution in [-0.2, 0) is 16.2 Å². The molecule has 1 atom stereocenters. The number of Topliss-reactive ketones (excluding diaryl/α,β-unsaturated/α-hetero) is 1. The van der Waals surface area contributed by atoms with Gasteiger partial charge in [0, 0.05) is 17.4 Å². The molecule has 37 heavy (non-hydrogen) atoms. The third-order valence-electron chi connectivity index (χ3n) is 6.38. The van der Waals surface area contributed by atoms with Gasteiger partial charge in [-0.05, 0) is 73.0 Å². The highest BCUT2D eigenvalue weighted by Crippen LogP contribution is 2.42. The lowest BCUT2D eigenvalue weighted by molar-refractivity contribution is -0.132. The number of amides is 1. The Kier molecular flexibility index (Phi) is 6.56. The Balaban J connectivity index is 1.55. The van der Waals surface area contributed by atoms with E-state index in [1.54, 1.807) is 48.7 Å². The van der Waals surface area contributed by atoms with E-state index in [0.717, 1.165) is 16.7 Å². The largest absolute Gasteiger partial charge is 0.507 e. The van der Waals surface area contributed by atoms with Crippen molar-refractivity contribution < 1.29 is 19.4 Å². The van der Waals surface area contributed by atoms with Crippen LogP contribution in [0, 0.1) is 13.8 Å². The number of carbonyl (C=O) groups excluding carboxylic acids is 2. The molecule has 1 fully saturated rings. The zero-order valence-electron chi connectivity index (χ0n) is 20.6. The first kappa shape index (κ1) is 24.0. The fourth-order valence-corrected chi connectivity index (χ4v) is 4.54. The molecule has 0 saturated carbocycles. The maximum absolute atomic E-state index is 13.3. The van der Waals surface area contributed by atoms with Gasteiger partial charge in [0.15, 0.2) is 0 Å². The predicted molar refractivity (Wildman–Crippen MR) is 142 cm³/mol. The van der Waals surface area contributed by atoms with Gasteiger partial charge in [-0.3, -0.25) is 19.5 Å². The van der Waals surface area contributed by atoms with Crippen LogP contribution in [0.5, 0.6) is 5.75 Å². The van der Waals surface area contributed by atoms with Gasteiger partial charge in [0.2, 0.25) is 0 Å². The van der Waals surface area contributed by atoms with Gasteiger partial charge in [-0.15, -0.1) is 0 Å². The smallest absolute Gasteiger partial charge is 0.300 e. The Labute approximate surface area is 215 Å². The predicted octanol–water partition coefficient (Wildman–Crippen LogP) is 5.90. The van der Waals surface area contributed by atoms with E-state index in [0.29, 0.717) is 29.3 Å². The van der Waals surface area contributed by atoms with Crippen LogP contribution >= 0.6 is 0 Å². The summed E-state index contributed by atoms with van der Waals surface area (Å²) in [5, 5.41) is 11.4. The summed E-state index contributed by atoms with van der Waals surface area (Å²) in [5.74, 6) is -1.04. The van der Waals surface area contributed by atoms with Crippen molar-refractivity contribution in [2.45, 2.75) is 26.5 Å². The van der Waals surface area contributed by atoms with Gasteiger partial charge >= 0.3 is 0 Å². The lowest BCUT2D eigenvalue weighted by Gasteiger charge is -2.25. The fraction of sp³-hybridized carbons (Fsp3) is 0.129. The van der Waals surface area contributed by atoms with Gasteiger partial charge in [0.05, 0.1) is 11.3 Å². The molecule has 1 aromatic heterocycles. The number of pyridine rings is 1. The molecule has 0 aliphatic carbocycles. The van der Waals surface area contributed by atoms with Crippen molar-refractivity contribution in [2.24, 2.45) is 0 Å². The van der Waals surface area contributed by atoms with Crippen LogP contribution in [-0.4, -0.2) is 21.8 Å². The van der Waals surface area contributed by atoms with Crippen LogP contribution in [0.4, 0.5) is 5.69 Å². The number of ether oxygens (including phenoxy) is 1. The number of aliphatic hydroxyl groups is 1.